The zero-order valence-electron chi connectivity index (χ0n) is 13.5. The molecule has 1 aliphatic heterocycles. The monoisotopic (exact) mass is 323 g/mol. The highest BCUT2D eigenvalue weighted by Gasteiger charge is 2.26. The summed E-state index contributed by atoms with van der Waals surface area (Å²) in [4.78, 5) is 26.1. The van der Waals surface area contributed by atoms with Crippen LogP contribution in [-0.4, -0.2) is 63.4 Å². The van der Waals surface area contributed by atoms with Crippen LogP contribution in [0.5, 0.6) is 11.5 Å². The number of nitrogens with zero attached hydrogens (tertiary/aromatic N) is 1. The topological polar surface area (TPSA) is 74.3 Å². The molecule has 1 amide bonds. The quantitative estimate of drug-likeness (QED) is 0.756. The van der Waals surface area contributed by atoms with Crippen LogP contribution in [0.2, 0.25) is 0 Å². The molecule has 1 saturated heterocycles. The van der Waals surface area contributed by atoms with E-state index in [2.05, 4.69) is 0 Å². The summed E-state index contributed by atoms with van der Waals surface area (Å²) in [5.41, 5.74) is 0.267. The number of carbonyl (C=O) groups is 2. The highest BCUT2D eigenvalue weighted by molar-refractivity contribution is 5.93. The first kappa shape index (κ1) is 17.1. The van der Waals surface area contributed by atoms with Crippen molar-refractivity contribution in [2.75, 3.05) is 40.5 Å². The Balaban J connectivity index is 2.04. The zero-order chi connectivity index (χ0) is 16.8. The number of carbonyl (C=O) groups excluding carboxylic acids is 2. The van der Waals surface area contributed by atoms with E-state index in [1.807, 2.05) is 0 Å². The van der Waals surface area contributed by atoms with Crippen molar-refractivity contribution >= 4 is 11.9 Å². The van der Waals surface area contributed by atoms with Gasteiger partial charge in [-0.2, -0.15) is 0 Å². The summed E-state index contributed by atoms with van der Waals surface area (Å²) in [6.07, 6.45) is -0.863. The van der Waals surface area contributed by atoms with Gasteiger partial charge in [-0.15, -0.1) is 0 Å². The first-order chi connectivity index (χ1) is 11.0. The first-order valence-electron chi connectivity index (χ1n) is 7.35. The van der Waals surface area contributed by atoms with Gasteiger partial charge in [0.2, 0.25) is 0 Å². The van der Waals surface area contributed by atoms with Crippen molar-refractivity contribution in [2.24, 2.45) is 0 Å². The Morgan fingerprint density at radius 1 is 1.09 bits per heavy atom. The minimum Gasteiger partial charge on any atom is -0.497 e. The second kappa shape index (κ2) is 7.82. The molecule has 1 aliphatic rings. The predicted molar refractivity (Wildman–Crippen MR) is 81.8 cm³/mol. The number of hydrogen-bond donors (Lipinski definition) is 0. The Kier molecular flexibility index (Phi) is 5.81. The van der Waals surface area contributed by atoms with E-state index in [1.54, 1.807) is 17.9 Å². The molecular weight excluding hydrogens is 302 g/mol. The summed E-state index contributed by atoms with van der Waals surface area (Å²) in [6, 6.07) is 4.73. The molecule has 126 valence electrons. The Labute approximate surface area is 135 Å². The van der Waals surface area contributed by atoms with Crippen molar-refractivity contribution in [3.63, 3.8) is 0 Å². The number of rotatable bonds is 5. The largest absolute Gasteiger partial charge is 0.497 e. The standard InChI is InChI=1S/C16H21NO6/c1-11(15(18)17-4-6-22-7-5-17)23-16(19)12-8-13(20-2)10-14(9-12)21-3/h8-11H,4-7H2,1-3H3/t11-/m0/s1. The number of ether oxygens (including phenoxy) is 4. The molecule has 0 N–H and O–H groups in total. The summed E-state index contributed by atoms with van der Waals surface area (Å²) in [6.45, 7) is 3.58. The van der Waals surface area contributed by atoms with Crippen molar-refractivity contribution < 1.29 is 28.5 Å². The molecular formula is C16H21NO6. The number of esters is 1. The fourth-order valence-electron chi connectivity index (χ4n) is 2.25. The second-order valence-corrected chi connectivity index (χ2v) is 5.09. The normalized spacial score (nSPS) is 15.7. The van der Waals surface area contributed by atoms with Crippen LogP contribution in [0.25, 0.3) is 0 Å². The van der Waals surface area contributed by atoms with Gasteiger partial charge in [0.1, 0.15) is 11.5 Å². The lowest BCUT2D eigenvalue weighted by atomic mass is 10.2. The molecule has 0 spiro atoms. The van der Waals surface area contributed by atoms with Crippen LogP contribution in [0.15, 0.2) is 18.2 Å². The van der Waals surface area contributed by atoms with Gasteiger partial charge < -0.3 is 23.8 Å². The average Bonchev–Trinajstić information content (AvgIpc) is 2.61. The molecule has 2 rings (SSSR count). The highest BCUT2D eigenvalue weighted by Crippen LogP contribution is 2.23. The molecule has 7 nitrogen and oxygen atoms in total. The molecule has 0 unspecified atom stereocenters. The van der Waals surface area contributed by atoms with Crippen LogP contribution in [0.4, 0.5) is 0 Å². The predicted octanol–water partition coefficient (Wildman–Crippen LogP) is 1.11. The molecule has 23 heavy (non-hydrogen) atoms. The van der Waals surface area contributed by atoms with Crippen LogP contribution in [-0.2, 0) is 14.3 Å². The van der Waals surface area contributed by atoms with Crippen LogP contribution < -0.4 is 9.47 Å². The molecule has 1 aromatic carbocycles. The van der Waals surface area contributed by atoms with Crippen LogP contribution in [0, 0.1) is 0 Å². The molecule has 0 aliphatic carbocycles. The summed E-state index contributed by atoms with van der Waals surface area (Å²) in [5.74, 6) is 0.125. The SMILES string of the molecule is COc1cc(OC)cc(C(=O)O[C@@H](C)C(=O)N2CCOCC2)c1. The third kappa shape index (κ3) is 4.35. The Morgan fingerprint density at radius 3 is 2.17 bits per heavy atom. The van der Waals surface area contributed by atoms with Crippen LogP contribution in [0.1, 0.15) is 17.3 Å². The number of amides is 1. The third-order valence-corrected chi connectivity index (χ3v) is 3.54. The average molecular weight is 323 g/mol. The smallest absolute Gasteiger partial charge is 0.339 e. The van der Waals surface area contributed by atoms with Gasteiger partial charge in [0, 0.05) is 19.2 Å². The van der Waals surface area contributed by atoms with Gasteiger partial charge in [0.05, 0.1) is 33.0 Å². The van der Waals surface area contributed by atoms with Gasteiger partial charge >= 0.3 is 5.97 Å². The number of morpholine rings is 1. The van der Waals surface area contributed by atoms with Crippen molar-refractivity contribution in [2.45, 2.75) is 13.0 Å². The van der Waals surface area contributed by atoms with E-state index in [4.69, 9.17) is 18.9 Å². The lowest BCUT2D eigenvalue weighted by Gasteiger charge is -2.29. The first-order valence-corrected chi connectivity index (χ1v) is 7.35. The van der Waals surface area contributed by atoms with E-state index >= 15 is 0 Å². The zero-order valence-corrected chi connectivity index (χ0v) is 13.5. The molecule has 1 fully saturated rings. The van der Waals surface area contributed by atoms with Crippen molar-refractivity contribution in [3.8, 4) is 11.5 Å². The molecule has 0 radical (unpaired) electrons. The molecule has 0 bridgehead atoms. The maximum atomic E-state index is 12.3. The Bertz CT molecular complexity index is 545. The molecule has 1 aromatic rings. The fraction of sp³-hybridized carbons (Fsp3) is 0.500. The molecule has 1 heterocycles. The van der Waals surface area contributed by atoms with E-state index in [0.717, 1.165) is 0 Å². The molecule has 0 saturated carbocycles. The maximum Gasteiger partial charge on any atom is 0.339 e. The van der Waals surface area contributed by atoms with E-state index in [-0.39, 0.29) is 11.5 Å². The van der Waals surface area contributed by atoms with Gasteiger partial charge in [-0.3, -0.25) is 4.79 Å². The van der Waals surface area contributed by atoms with Crippen LogP contribution >= 0.6 is 0 Å². The van der Waals surface area contributed by atoms with Gasteiger partial charge in [0.15, 0.2) is 6.10 Å². The highest BCUT2D eigenvalue weighted by atomic mass is 16.5. The van der Waals surface area contributed by atoms with Crippen molar-refractivity contribution in [1.29, 1.82) is 0 Å². The second-order valence-electron chi connectivity index (χ2n) is 5.09. The summed E-state index contributed by atoms with van der Waals surface area (Å²) < 4.78 is 20.7. The minimum absolute atomic E-state index is 0.225. The van der Waals surface area contributed by atoms with Gasteiger partial charge in [-0.05, 0) is 19.1 Å². The lowest BCUT2D eigenvalue weighted by Crippen LogP contribution is -2.46. The fourth-order valence-corrected chi connectivity index (χ4v) is 2.25. The number of benzene rings is 1. The Hall–Kier alpha value is -2.28. The number of hydrogen-bond acceptors (Lipinski definition) is 6. The molecule has 0 aromatic heterocycles. The van der Waals surface area contributed by atoms with Crippen molar-refractivity contribution in [3.05, 3.63) is 23.8 Å². The van der Waals surface area contributed by atoms with Crippen molar-refractivity contribution in [1.82, 2.24) is 4.90 Å². The Morgan fingerprint density at radius 2 is 1.65 bits per heavy atom. The summed E-state index contributed by atoms with van der Waals surface area (Å²) in [5, 5.41) is 0. The summed E-state index contributed by atoms with van der Waals surface area (Å²) >= 11 is 0. The van der Waals surface area contributed by atoms with Gasteiger partial charge in [-0.1, -0.05) is 0 Å². The van der Waals surface area contributed by atoms with E-state index < -0.39 is 12.1 Å². The minimum atomic E-state index is -0.863. The van der Waals surface area contributed by atoms with Gasteiger partial charge in [-0.25, -0.2) is 4.79 Å². The lowest BCUT2D eigenvalue weighted by molar-refractivity contribution is -0.143. The third-order valence-electron chi connectivity index (χ3n) is 3.54. The molecule has 1 atom stereocenters. The maximum absolute atomic E-state index is 12.3. The summed E-state index contributed by atoms with van der Waals surface area (Å²) in [7, 11) is 2.99. The van der Waals surface area contributed by atoms with E-state index in [9.17, 15) is 9.59 Å². The number of methoxy groups -OCH3 is 2. The van der Waals surface area contributed by atoms with E-state index in [0.29, 0.717) is 37.8 Å². The van der Waals surface area contributed by atoms with Crippen LogP contribution in [0.3, 0.4) is 0 Å². The van der Waals surface area contributed by atoms with E-state index in [1.165, 1.54) is 26.4 Å². The van der Waals surface area contributed by atoms with Gasteiger partial charge in [0.25, 0.3) is 5.91 Å². The molecule has 7 heteroatoms.